The summed E-state index contributed by atoms with van der Waals surface area (Å²) in [4.78, 5) is 32.5. The van der Waals surface area contributed by atoms with Crippen LogP contribution < -0.4 is 10.1 Å². The van der Waals surface area contributed by atoms with E-state index in [-0.39, 0.29) is 11.8 Å². The normalized spacial score (nSPS) is 21.7. The Kier molecular flexibility index (Phi) is 5.27. The van der Waals surface area contributed by atoms with Gasteiger partial charge in [-0.2, -0.15) is 0 Å². The van der Waals surface area contributed by atoms with Gasteiger partial charge in [0.25, 0.3) is 0 Å². The lowest BCUT2D eigenvalue weighted by Gasteiger charge is -2.34. The van der Waals surface area contributed by atoms with E-state index in [2.05, 4.69) is 10.3 Å². The van der Waals surface area contributed by atoms with Crippen molar-refractivity contribution in [3.8, 4) is 5.88 Å². The van der Waals surface area contributed by atoms with Crippen LogP contribution in [0.15, 0.2) is 18.3 Å². The largest absolute Gasteiger partial charge is 0.475 e. The molecule has 1 aromatic rings. The molecule has 28 heavy (non-hydrogen) atoms. The van der Waals surface area contributed by atoms with E-state index in [1.807, 2.05) is 4.90 Å². The molecule has 152 valence electrons. The Morgan fingerprint density at radius 3 is 2.36 bits per heavy atom. The summed E-state index contributed by atoms with van der Waals surface area (Å²) in [5.41, 5.74) is -0.364. The summed E-state index contributed by atoms with van der Waals surface area (Å²) in [5.74, 6) is 0.667. The monoisotopic (exact) mass is 387 g/mol. The Hall–Kier alpha value is -2.15. The van der Waals surface area contributed by atoms with E-state index < -0.39 is 10.8 Å². The molecule has 0 aromatic carbocycles. The lowest BCUT2D eigenvalue weighted by atomic mass is 9.82. The van der Waals surface area contributed by atoms with E-state index >= 15 is 0 Å². The van der Waals surface area contributed by atoms with E-state index in [1.165, 1.54) is 6.42 Å². The van der Waals surface area contributed by atoms with Crippen molar-refractivity contribution in [3.05, 3.63) is 18.3 Å². The first kappa shape index (κ1) is 19.2. The molecule has 4 rings (SSSR count). The van der Waals surface area contributed by atoms with Gasteiger partial charge in [-0.05, 0) is 51.0 Å². The number of rotatable bonds is 8. The number of carbonyl (C=O) groups is 2. The third kappa shape index (κ3) is 3.48. The molecule has 0 bridgehead atoms. The molecule has 0 spiro atoms. The number of piperidine rings is 1. The molecule has 1 aromatic heterocycles. The average Bonchev–Trinajstić information content (AvgIpc) is 3.63. The Labute approximate surface area is 165 Å². The Bertz CT molecular complexity index is 720. The molecule has 2 aliphatic carbocycles. The highest BCUT2D eigenvalue weighted by molar-refractivity contribution is 6.03. The minimum absolute atomic E-state index is 0.0368. The highest BCUT2D eigenvalue weighted by atomic mass is 16.5. The van der Waals surface area contributed by atoms with Gasteiger partial charge >= 0.3 is 0 Å². The smallest absolute Gasteiger partial charge is 0.231 e. The molecule has 1 aliphatic heterocycles. The standard InChI is InChI=1S/C21H29N3O4/c1-27-13-14-28-17-6-5-16(15-22-17)23-18(25)20(7-8-20)21(9-10-21)19(26)24-11-3-2-4-12-24/h5-6,15H,2-4,7-14H2,1H3,(H,23,25). The van der Waals surface area contributed by atoms with Gasteiger partial charge in [0.05, 0.1) is 29.3 Å². The third-order valence-corrected chi connectivity index (χ3v) is 6.43. The van der Waals surface area contributed by atoms with E-state index in [0.717, 1.165) is 51.6 Å². The Morgan fingerprint density at radius 1 is 1.07 bits per heavy atom. The first-order valence-corrected chi connectivity index (χ1v) is 10.3. The summed E-state index contributed by atoms with van der Waals surface area (Å²) in [5, 5.41) is 2.99. The number of nitrogens with one attached hydrogen (secondary N) is 1. The number of amides is 2. The van der Waals surface area contributed by atoms with Gasteiger partial charge in [-0.3, -0.25) is 9.59 Å². The fourth-order valence-electron chi connectivity index (χ4n) is 4.49. The van der Waals surface area contributed by atoms with Gasteiger partial charge in [0.15, 0.2) is 0 Å². The number of hydrogen-bond donors (Lipinski definition) is 1. The first-order valence-electron chi connectivity index (χ1n) is 10.3. The second-order valence-electron chi connectivity index (χ2n) is 8.20. The average molecular weight is 387 g/mol. The summed E-state index contributed by atoms with van der Waals surface area (Å²) in [6, 6.07) is 3.52. The number of carbonyl (C=O) groups excluding carboxylic acids is 2. The van der Waals surface area contributed by atoms with E-state index in [1.54, 1.807) is 25.4 Å². The van der Waals surface area contributed by atoms with E-state index in [4.69, 9.17) is 9.47 Å². The van der Waals surface area contributed by atoms with E-state index in [0.29, 0.717) is 24.8 Å². The number of methoxy groups -OCH3 is 1. The molecule has 2 amide bonds. The maximum absolute atomic E-state index is 13.2. The molecule has 2 saturated carbocycles. The number of pyridine rings is 1. The van der Waals surface area contributed by atoms with Gasteiger partial charge in [0.1, 0.15) is 6.61 Å². The number of likely N-dealkylation sites (tertiary alicyclic amines) is 1. The molecule has 0 unspecified atom stereocenters. The van der Waals surface area contributed by atoms with Crippen molar-refractivity contribution in [2.75, 3.05) is 38.7 Å². The second-order valence-corrected chi connectivity index (χ2v) is 8.20. The molecule has 2 heterocycles. The highest BCUT2D eigenvalue weighted by Gasteiger charge is 2.73. The van der Waals surface area contributed by atoms with Crippen LogP contribution in [0.4, 0.5) is 5.69 Å². The van der Waals surface area contributed by atoms with Crippen LogP contribution in [0.5, 0.6) is 5.88 Å². The molecular formula is C21H29N3O4. The zero-order valence-electron chi connectivity index (χ0n) is 16.5. The maximum atomic E-state index is 13.2. The summed E-state index contributed by atoms with van der Waals surface area (Å²) >= 11 is 0. The number of hydrogen-bond acceptors (Lipinski definition) is 5. The van der Waals surface area contributed by atoms with Crippen LogP contribution in [0.1, 0.15) is 44.9 Å². The van der Waals surface area contributed by atoms with Crippen molar-refractivity contribution in [1.82, 2.24) is 9.88 Å². The fourth-order valence-corrected chi connectivity index (χ4v) is 4.49. The fraction of sp³-hybridized carbons (Fsp3) is 0.667. The van der Waals surface area contributed by atoms with Gasteiger partial charge in [0, 0.05) is 26.3 Å². The molecule has 7 heteroatoms. The van der Waals surface area contributed by atoms with Crippen LogP contribution in [0.2, 0.25) is 0 Å². The van der Waals surface area contributed by atoms with Crippen LogP contribution in [0.25, 0.3) is 0 Å². The van der Waals surface area contributed by atoms with Crippen LogP contribution in [-0.4, -0.2) is 55.1 Å². The van der Waals surface area contributed by atoms with Gasteiger partial charge < -0.3 is 19.7 Å². The van der Waals surface area contributed by atoms with Crippen LogP contribution in [0.3, 0.4) is 0 Å². The molecule has 3 aliphatic rings. The highest BCUT2D eigenvalue weighted by Crippen LogP contribution is 2.71. The van der Waals surface area contributed by atoms with Crippen LogP contribution in [-0.2, 0) is 14.3 Å². The van der Waals surface area contributed by atoms with Crippen molar-refractivity contribution >= 4 is 17.5 Å². The quantitative estimate of drug-likeness (QED) is 0.694. The molecule has 7 nitrogen and oxygen atoms in total. The lowest BCUT2D eigenvalue weighted by Crippen LogP contribution is -2.47. The summed E-state index contributed by atoms with van der Waals surface area (Å²) in [6.07, 6.45) is 8.20. The first-order chi connectivity index (χ1) is 13.6. The number of anilines is 1. The number of aromatic nitrogens is 1. The third-order valence-electron chi connectivity index (χ3n) is 6.43. The minimum atomic E-state index is -0.533. The van der Waals surface area contributed by atoms with Crippen molar-refractivity contribution < 1.29 is 19.1 Å². The maximum Gasteiger partial charge on any atom is 0.231 e. The van der Waals surface area contributed by atoms with Crippen LogP contribution >= 0.6 is 0 Å². The number of nitrogens with zero attached hydrogens (tertiary/aromatic N) is 2. The van der Waals surface area contributed by atoms with Gasteiger partial charge in [-0.1, -0.05) is 0 Å². The van der Waals surface area contributed by atoms with E-state index in [9.17, 15) is 9.59 Å². The summed E-state index contributed by atoms with van der Waals surface area (Å²) in [7, 11) is 1.62. The molecule has 1 saturated heterocycles. The zero-order valence-corrected chi connectivity index (χ0v) is 16.5. The molecule has 0 radical (unpaired) electrons. The summed E-state index contributed by atoms with van der Waals surface area (Å²) in [6.45, 7) is 2.61. The van der Waals surface area contributed by atoms with Crippen molar-refractivity contribution in [2.45, 2.75) is 44.9 Å². The SMILES string of the molecule is COCCOc1ccc(NC(=O)C2(C3(C(=O)N4CCCCC4)CC3)CC2)cn1. The predicted octanol–water partition coefficient (Wildman–Crippen LogP) is 2.62. The molecule has 0 atom stereocenters. The van der Waals surface area contributed by atoms with Crippen molar-refractivity contribution in [2.24, 2.45) is 10.8 Å². The molecule has 1 N–H and O–H groups in total. The minimum Gasteiger partial charge on any atom is -0.475 e. The molecule has 3 fully saturated rings. The molecular weight excluding hydrogens is 358 g/mol. The Balaban J connectivity index is 1.39. The van der Waals surface area contributed by atoms with Gasteiger partial charge in [-0.25, -0.2) is 4.98 Å². The number of ether oxygens (including phenoxy) is 2. The second kappa shape index (κ2) is 7.70. The predicted molar refractivity (Wildman–Crippen MR) is 104 cm³/mol. The topological polar surface area (TPSA) is 80.8 Å². The lowest BCUT2D eigenvalue weighted by molar-refractivity contribution is -0.144. The van der Waals surface area contributed by atoms with Crippen molar-refractivity contribution in [3.63, 3.8) is 0 Å². The van der Waals surface area contributed by atoms with Gasteiger partial charge in [-0.15, -0.1) is 0 Å². The Morgan fingerprint density at radius 2 is 1.79 bits per heavy atom. The van der Waals surface area contributed by atoms with Crippen molar-refractivity contribution in [1.29, 1.82) is 0 Å². The van der Waals surface area contributed by atoms with Crippen LogP contribution in [0, 0.1) is 10.8 Å². The summed E-state index contributed by atoms with van der Waals surface area (Å²) < 4.78 is 10.4. The van der Waals surface area contributed by atoms with Gasteiger partial charge in [0.2, 0.25) is 17.7 Å². The zero-order chi connectivity index (χ0) is 19.6.